The summed E-state index contributed by atoms with van der Waals surface area (Å²) in [6.45, 7) is 4.93. The first-order chi connectivity index (χ1) is 15.2. The van der Waals surface area contributed by atoms with Gasteiger partial charge >= 0.3 is 0 Å². The molecule has 0 aliphatic carbocycles. The Morgan fingerprint density at radius 1 is 1.06 bits per heavy atom. The molecule has 158 valence electrons. The van der Waals surface area contributed by atoms with E-state index in [9.17, 15) is 4.79 Å². The van der Waals surface area contributed by atoms with Crippen LogP contribution in [0, 0.1) is 0 Å². The van der Waals surface area contributed by atoms with Gasteiger partial charge in [0, 0.05) is 37.5 Å². The Bertz CT molecular complexity index is 1180. The summed E-state index contributed by atoms with van der Waals surface area (Å²) in [6, 6.07) is 16.0. The molecule has 0 saturated carbocycles. The van der Waals surface area contributed by atoms with Crippen LogP contribution in [0.25, 0.3) is 10.2 Å². The Morgan fingerprint density at radius 2 is 1.87 bits per heavy atom. The van der Waals surface area contributed by atoms with Crippen LogP contribution in [0.1, 0.15) is 33.7 Å². The Morgan fingerprint density at radius 3 is 2.58 bits per heavy atom. The van der Waals surface area contributed by atoms with Crippen LogP contribution in [-0.2, 0) is 12.8 Å². The van der Waals surface area contributed by atoms with E-state index in [1.54, 1.807) is 23.5 Å². The molecule has 1 fully saturated rings. The quantitative estimate of drug-likeness (QED) is 0.468. The van der Waals surface area contributed by atoms with Crippen molar-refractivity contribution >= 4 is 33.3 Å². The number of hydrogen-bond donors (Lipinski definition) is 0. The fourth-order valence-electron chi connectivity index (χ4n) is 3.95. The zero-order chi connectivity index (χ0) is 21.2. The Kier molecular flexibility index (Phi) is 5.42. The highest BCUT2D eigenvalue weighted by molar-refractivity contribution is 7.18. The monoisotopic (exact) mass is 432 g/mol. The molecule has 7 heteroatoms. The number of hydrogen-bond acceptors (Lipinski definition) is 6. The van der Waals surface area contributed by atoms with Crippen molar-refractivity contribution in [2.75, 3.05) is 31.1 Å². The summed E-state index contributed by atoms with van der Waals surface area (Å²) in [5.41, 5.74) is 1.20. The van der Waals surface area contributed by atoms with Crippen molar-refractivity contribution in [1.29, 1.82) is 0 Å². The van der Waals surface area contributed by atoms with Gasteiger partial charge in [-0.05, 0) is 30.2 Å². The predicted octanol–water partition coefficient (Wildman–Crippen LogP) is 4.40. The Hall–Kier alpha value is -3.19. The molecule has 1 aliphatic heterocycles. The maximum Gasteiger partial charge on any atom is 0.289 e. The minimum Gasteiger partial charge on any atom is -0.459 e. The molecule has 0 bridgehead atoms. The second kappa shape index (κ2) is 8.51. The number of nitrogens with zero attached hydrogens (tertiary/aromatic N) is 4. The first kappa shape index (κ1) is 19.8. The van der Waals surface area contributed by atoms with E-state index in [1.165, 1.54) is 16.7 Å². The Labute approximate surface area is 185 Å². The molecule has 0 atom stereocenters. The minimum atomic E-state index is -0.0500. The second-order valence-corrected chi connectivity index (χ2v) is 8.78. The van der Waals surface area contributed by atoms with Gasteiger partial charge in [-0.3, -0.25) is 4.79 Å². The normalized spacial score (nSPS) is 14.4. The molecular formula is C24H24N4O2S. The highest BCUT2D eigenvalue weighted by Crippen LogP contribution is 2.32. The number of aromatic nitrogens is 2. The summed E-state index contributed by atoms with van der Waals surface area (Å²) < 4.78 is 5.28. The van der Waals surface area contributed by atoms with Crippen molar-refractivity contribution in [3.05, 3.63) is 76.8 Å². The minimum absolute atomic E-state index is 0.0500. The first-order valence-electron chi connectivity index (χ1n) is 10.6. The number of fused-ring (bicyclic) bond motifs is 1. The standard InChI is InChI=1S/C24H24N4O2S/c1-2-18-16-19-22(25-21(26-23(19)31-18)15-17-7-4-3-5-8-17)27-10-12-28(13-11-27)24(29)20-9-6-14-30-20/h3-9,14,16H,2,10-13,15H2,1H3. The fraction of sp³-hybridized carbons (Fsp3) is 0.292. The number of anilines is 1. The molecule has 6 nitrogen and oxygen atoms in total. The van der Waals surface area contributed by atoms with Gasteiger partial charge in [-0.2, -0.15) is 0 Å². The molecule has 0 N–H and O–H groups in total. The fourth-order valence-corrected chi connectivity index (χ4v) is 4.93. The van der Waals surface area contributed by atoms with Crippen LogP contribution in [-0.4, -0.2) is 47.0 Å². The maximum absolute atomic E-state index is 12.6. The SMILES string of the molecule is CCc1cc2c(N3CCN(C(=O)c4ccco4)CC3)nc(Cc3ccccc3)nc2s1. The average molecular weight is 433 g/mol. The molecule has 5 rings (SSSR count). The van der Waals surface area contributed by atoms with Crippen molar-refractivity contribution in [2.24, 2.45) is 0 Å². The number of thiophene rings is 1. The smallest absolute Gasteiger partial charge is 0.289 e. The lowest BCUT2D eigenvalue weighted by Gasteiger charge is -2.35. The molecule has 4 heterocycles. The lowest BCUT2D eigenvalue weighted by atomic mass is 10.1. The van der Waals surface area contributed by atoms with Gasteiger partial charge in [0.05, 0.1) is 11.6 Å². The highest BCUT2D eigenvalue weighted by atomic mass is 32.1. The molecule has 1 aliphatic rings. The molecule has 0 spiro atoms. The molecule has 1 saturated heterocycles. The van der Waals surface area contributed by atoms with Crippen LogP contribution in [0.2, 0.25) is 0 Å². The van der Waals surface area contributed by atoms with Gasteiger partial charge in [0.15, 0.2) is 5.76 Å². The van der Waals surface area contributed by atoms with E-state index in [0.717, 1.165) is 41.4 Å². The number of furan rings is 1. The number of carbonyl (C=O) groups excluding carboxylic acids is 1. The molecule has 1 amide bonds. The van der Waals surface area contributed by atoms with Gasteiger partial charge in [-0.1, -0.05) is 37.3 Å². The average Bonchev–Trinajstić information content (AvgIpc) is 3.49. The van der Waals surface area contributed by atoms with E-state index in [4.69, 9.17) is 14.4 Å². The lowest BCUT2D eigenvalue weighted by molar-refractivity contribution is 0.0714. The van der Waals surface area contributed by atoms with E-state index >= 15 is 0 Å². The van der Waals surface area contributed by atoms with Crippen LogP contribution in [0.4, 0.5) is 5.82 Å². The largest absolute Gasteiger partial charge is 0.459 e. The van der Waals surface area contributed by atoms with E-state index in [-0.39, 0.29) is 5.91 Å². The van der Waals surface area contributed by atoms with Crippen LogP contribution in [0.5, 0.6) is 0 Å². The van der Waals surface area contributed by atoms with Crippen molar-refractivity contribution in [1.82, 2.24) is 14.9 Å². The van der Waals surface area contributed by atoms with Crippen molar-refractivity contribution in [2.45, 2.75) is 19.8 Å². The number of benzene rings is 1. The maximum atomic E-state index is 12.6. The van der Waals surface area contributed by atoms with Gasteiger partial charge < -0.3 is 14.2 Å². The van der Waals surface area contributed by atoms with Crippen molar-refractivity contribution < 1.29 is 9.21 Å². The van der Waals surface area contributed by atoms with Crippen LogP contribution in [0.3, 0.4) is 0 Å². The molecule has 4 aromatic rings. The predicted molar refractivity (Wildman–Crippen MR) is 123 cm³/mol. The van der Waals surface area contributed by atoms with E-state index < -0.39 is 0 Å². The molecule has 3 aromatic heterocycles. The van der Waals surface area contributed by atoms with Gasteiger partial charge in [0.1, 0.15) is 16.5 Å². The molecule has 0 radical (unpaired) electrons. The van der Waals surface area contributed by atoms with Crippen molar-refractivity contribution in [3.8, 4) is 0 Å². The van der Waals surface area contributed by atoms with Gasteiger partial charge in [0.25, 0.3) is 5.91 Å². The van der Waals surface area contributed by atoms with Crippen molar-refractivity contribution in [3.63, 3.8) is 0 Å². The zero-order valence-electron chi connectivity index (χ0n) is 17.5. The summed E-state index contributed by atoms with van der Waals surface area (Å²) >= 11 is 1.75. The topological polar surface area (TPSA) is 62.5 Å². The number of aryl methyl sites for hydroxylation is 1. The summed E-state index contributed by atoms with van der Waals surface area (Å²) in [6.07, 6.45) is 3.23. The van der Waals surface area contributed by atoms with E-state index in [2.05, 4.69) is 30.0 Å². The van der Waals surface area contributed by atoms with Gasteiger partial charge in [-0.25, -0.2) is 9.97 Å². The third-order valence-electron chi connectivity index (χ3n) is 5.62. The number of rotatable bonds is 5. The Balaban J connectivity index is 1.41. The third-order valence-corrected chi connectivity index (χ3v) is 6.80. The number of piperazine rings is 1. The van der Waals surface area contributed by atoms with E-state index in [0.29, 0.717) is 25.3 Å². The van der Waals surface area contributed by atoms with Crippen LogP contribution < -0.4 is 4.90 Å². The molecule has 1 aromatic carbocycles. The summed E-state index contributed by atoms with van der Waals surface area (Å²) in [5, 5.41) is 1.12. The van der Waals surface area contributed by atoms with Gasteiger partial charge in [-0.15, -0.1) is 11.3 Å². The van der Waals surface area contributed by atoms with E-state index in [1.807, 2.05) is 23.1 Å². The molecular weight excluding hydrogens is 408 g/mol. The van der Waals surface area contributed by atoms with Crippen LogP contribution in [0.15, 0.2) is 59.2 Å². The second-order valence-electron chi connectivity index (χ2n) is 7.67. The molecule has 0 unspecified atom stereocenters. The third kappa shape index (κ3) is 4.05. The van der Waals surface area contributed by atoms with Gasteiger partial charge in [0.2, 0.25) is 0 Å². The number of carbonyl (C=O) groups is 1. The lowest BCUT2D eigenvalue weighted by Crippen LogP contribution is -2.49. The highest BCUT2D eigenvalue weighted by Gasteiger charge is 2.26. The summed E-state index contributed by atoms with van der Waals surface area (Å²) in [5.74, 6) is 2.17. The summed E-state index contributed by atoms with van der Waals surface area (Å²) in [7, 11) is 0. The molecule has 31 heavy (non-hydrogen) atoms. The zero-order valence-corrected chi connectivity index (χ0v) is 18.3. The number of amides is 1. The van der Waals surface area contributed by atoms with Crippen LogP contribution >= 0.6 is 11.3 Å². The summed E-state index contributed by atoms with van der Waals surface area (Å²) in [4.78, 5) is 29.0. The first-order valence-corrected chi connectivity index (χ1v) is 11.4.